The van der Waals surface area contributed by atoms with Gasteiger partial charge in [-0.1, -0.05) is 53.2 Å². The van der Waals surface area contributed by atoms with Gasteiger partial charge in [0.15, 0.2) is 0 Å². The van der Waals surface area contributed by atoms with Gasteiger partial charge < -0.3 is 4.90 Å². The molecule has 0 aliphatic carbocycles. The summed E-state index contributed by atoms with van der Waals surface area (Å²) in [6, 6.07) is 13.3. The van der Waals surface area contributed by atoms with Crippen molar-refractivity contribution >= 4 is 22.4 Å². The van der Waals surface area contributed by atoms with Crippen LogP contribution in [0.15, 0.2) is 81.9 Å². The van der Waals surface area contributed by atoms with E-state index < -0.39 is 0 Å². The molecule has 2 aromatic rings. The number of allylic oxidation sites excluding steroid dienone is 2. The highest BCUT2D eigenvalue weighted by Gasteiger charge is 2.19. The number of rotatable bonds is 7. The normalized spacial score (nSPS) is 16.2. The summed E-state index contributed by atoms with van der Waals surface area (Å²) < 4.78 is 27.1. The topological polar surface area (TPSA) is 15.6 Å². The van der Waals surface area contributed by atoms with Gasteiger partial charge in [-0.05, 0) is 93.3 Å². The Kier molecular flexibility index (Phi) is 9.85. The average Bonchev–Trinajstić information content (AvgIpc) is 2.84. The molecule has 0 bridgehead atoms. The highest BCUT2D eigenvalue weighted by atomic mass is 32.2. The molecular formula is C29H34F2N2S. The summed E-state index contributed by atoms with van der Waals surface area (Å²) in [7, 11) is 0. The lowest BCUT2D eigenvalue weighted by Gasteiger charge is -2.30. The minimum absolute atomic E-state index is 0.249. The minimum Gasteiger partial charge on any atom is -0.302 e. The van der Waals surface area contributed by atoms with Crippen LogP contribution in [-0.4, -0.2) is 29.6 Å². The summed E-state index contributed by atoms with van der Waals surface area (Å²) in [5.41, 5.74) is 6.83. The van der Waals surface area contributed by atoms with E-state index >= 15 is 0 Å². The number of hydrogen-bond donors (Lipinski definition) is 0. The van der Waals surface area contributed by atoms with Gasteiger partial charge in [-0.2, -0.15) is 0 Å². The first-order chi connectivity index (χ1) is 16.4. The maximum Gasteiger partial charge on any atom is 0.123 e. The van der Waals surface area contributed by atoms with Crippen LogP contribution in [0, 0.1) is 11.6 Å². The first-order valence-electron chi connectivity index (χ1n) is 11.8. The zero-order chi connectivity index (χ0) is 24.5. The molecule has 1 heterocycles. The fourth-order valence-electron chi connectivity index (χ4n) is 4.14. The number of halogens is 2. The van der Waals surface area contributed by atoms with Crippen molar-refractivity contribution in [2.45, 2.75) is 47.0 Å². The molecule has 1 aliphatic rings. The summed E-state index contributed by atoms with van der Waals surface area (Å²) in [6.45, 7) is 11.3. The van der Waals surface area contributed by atoms with Gasteiger partial charge in [-0.25, -0.2) is 8.78 Å². The number of hydrogen-bond acceptors (Lipinski definition) is 3. The Bertz CT molecular complexity index is 1020. The van der Waals surface area contributed by atoms with Crippen molar-refractivity contribution in [3.05, 3.63) is 99.6 Å². The largest absolute Gasteiger partial charge is 0.302 e. The van der Waals surface area contributed by atoms with Crippen LogP contribution >= 0.6 is 11.8 Å². The molecule has 2 aromatic carbocycles. The Balaban J connectivity index is 1.70. The van der Waals surface area contributed by atoms with Gasteiger partial charge in [0.1, 0.15) is 11.6 Å². The number of piperidine rings is 1. The third-order valence-electron chi connectivity index (χ3n) is 6.20. The van der Waals surface area contributed by atoms with Crippen LogP contribution in [0.25, 0.3) is 5.57 Å². The minimum atomic E-state index is -0.249. The van der Waals surface area contributed by atoms with Crippen molar-refractivity contribution in [1.82, 2.24) is 4.90 Å². The third-order valence-corrected chi connectivity index (χ3v) is 7.04. The number of nitrogens with zero attached hydrogens (tertiary/aromatic N) is 2. The third kappa shape index (κ3) is 7.51. The maximum absolute atomic E-state index is 13.5. The molecule has 34 heavy (non-hydrogen) atoms. The van der Waals surface area contributed by atoms with E-state index in [0.717, 1.165) is 66.3 Å². The quantitative estimate of drug-likeness (QED) is 0.293. The highest BCUT2D eigenvalue weighted by molar-refractivity contribution is 8.16. The molecule has 5 heteroatoms. The van der Waals surface area contributed by atoms with Crippen LogP contribution in [0.4, 0.5) is 8.78 Å². The lowest BCUT2D eigenvalue weighted by Crippen LogP contribution is -2.32. The number of likely N-dealkylation sites (tertiary alicyclic amines) is 1. The Labute approximate surface area is 207 Å². The maximum atomic E-state index is 13.5. The SMILES string of the molecule is C/C=C\S/C(C)=N/C(C)=C(\C)CCN1CCC(=C(c2ccc(F)cc2)c2ccc(F)cc2)CC1. The van der Waals surface area contributed by atoms with Crippen LogP contribution < -0.4 is 0 Å². The van der Waals surface area contributed by atoms with Gasteiger partial charge in [0.25, 0.3) is 0 Å². The number of aliphatic imine (C=N–C) groups is 1. The lowest BCUT2D eigenvalue weighted by molar-refractivity contribution is 0.259. The van der Waals surface area contributed by atoms with Gasteiger partial charge in [-0.3, -0.25) is 4.99 Å². The number of benzene rings is 2. The second-order valence-electron chi connectivity index (χ2n) is 8.67. The van der Waals surface area contributed by atoms with Crippen LogP contribution in [0.2, 0.25) is 0 Å². The Hall–Kier alpha value is -2.50. The van der Waals surface area contributed by atoms with Crippen LogP contribution in [0.1, 0.15) is 58.1 Å². The molecule has 0 amide bonds. The predicted molar refractivity (Wildman–Crippen MR) is 143 cm³/mol. The predicted octanol–water partition coefficient (Wildman–Crippen LogP) is 8.23. The van der Waals surface area contributed by atoms with Crippen molar-refractivity contribution in [3.63, 3.8) is 0 Å². The summed E-state index contributed by atoms with van der Waals surface area (Å²) in [5.74, 6) is -0.499. The monoisotopic (exact) mass is 480 g/mol. The van der Waals surface area contributed by atoms with Gasteiger partial charge in [-0.15, -0.1) is 0 Å². The molecule has 2 nitrogen and oxygen atoms in total. The van der Waals surface area contributed by atoms with E-state index in [1.54, 1.807) is 11.8 Å². The zero-order valence-electron chi connectivity index (χ0n) is 20.6. The van der Waals surface area contributed by atoms with Gasteiger partial charge in [0, 0.05) is 25.3 Å². The van der Waals surface area contributed by atoms with Gasteiger partial charge in [0.2, 0.25) is 0 Å². The second kappa shape index (κ2) is 12.8. The van der Waals surface area contributed by atoms with Crippen molar-refractivity contribution in [1.29, 1.82) is 0 Å². The molecule has 0 aromatic heterocycles. The Morgan fingerprint density at radius 2 is 1.44 bits per heavy atom. The van der Waals surface area contributed by atoms with E-state index in [9.17, 15) is 8.78 Å². The molecule has 3 rings (SSSR count). The Morgan fingerprint density at radius 3 is 1.94 bits per heavy atom. The fourth-order valence-corrected chi connectivity index (χ4v) is 4.66. The molecule has 1 aliphatic heterocycles. The van der Waals surface area contributed by atoms with Crippen molar-refractivity contribution < 1.29 is 8.78 Å². The second-order valence-corrected chi connectivity index (χ2v) is 9.77. The molecular weight excluding hydrogens is 446 g/mol. The smallest absolute Gasteiger partial charge is 0.123 e. The molecule has 0 radical (unpaired) electrons. The number of thioether (sulfide) groups is 1. The summed E-state index contributed by atoms with van der Waals surface area (Å²) >= 11 is 1.65. The fraction of sp³-hybridized carbons (Fsp3) is 0.345. The highest BCUT2D eigenvalue weighted by Crippen LogP contribution is 2.33. The van der Waals surface area contributed by atoms with Crippen molar-refractivity contribution in [3.8, 4) is 0 Å². The zero-order valence-corrected chi connectivity index (χ0v) is 21.4. The molecule has 0 atom stereocenters. The van der Waals surface area contributed by atoms with Crippen LogP contribution in [0.5, 0.6) is 0 Å². The summed E-state index contributed by atoms with van der Waals surface area (Å²) in [6.07, 6.45) is 4.91. The molecule has 0 saturated carbocycles. The summed E-state index contributed by atoms with van der Waals surface area (Å²) in [5, 5.41) is 3.10. The molecule has 0 N–H and O–H groups in total. The van der Waals surface area contributed by atoms with E-state index in [-0.39, 0.29) is 11.6 Å². The summed E-state index contributed by atoms with van der Waals surface area (Å²) in [4.78, 5) is 7.22. The molecule has 1 fully saturated rings. The standard InChI is InChI=1S/C29H34F2N2S/c1-5-20-34-23(4)32-22(3)21(2)14-17-33-18-15-26(16-19-33)29(24-6-10-27(30)11-7-24)25-8-12-28(31)13-9-25/h5-13,20H,14-19H2,1-4H3/b20-5-,22-21+,32-23+. The lowest BCUT2D eigenvalue weighted by atomic mass is 9.88. The van der Waals surface area contributed by atoms with Crippen LogP contribution in [0.3, 0.4) is 0 Å². The molecule has 0 spiro atoms. The molecule has 0 unspecified atom stereocenters. The van der Waals surface area contributed by atoms with E-state index in [0.29, 0.717) is 0 Å². The van der Waals surface area contributed by atoms with Gasteiger partial charge in [0.05, 0.1) is 5.04 Å². The Morgan fingerprint density at radius 1 is 0.912 bits per heavy atom. The van der Waals surface area contributed by atoms with Crippen LogP contribution in [-0.2, 0) is 0 Å². The van der Waals surface area contributed by atoms with E-state index in [1.807, 2.05) is 49.6 Å². The van der Waals surface area contributed by atoms with Crippen molar-refractivity contribution in [2.24, 2.45) is 4.99 Å². The van der Waals surface area contributed by atoms with E-state index in [2.05, 4.69) is 18.7 Å². The average molecular weight is 481 g/mol. The van der Waals surface area contributed by atoms with E-state index in [4.69, 9.17) is 4.99 Å². The molecule has 180 valence electrons. The van der Waals surface area contributed by atoms with E-state index in [1.165, 1.54) is 35.4 Å². The first-order valence-corrected chi connectivity index (χ1v) is 12.7. The van der Waals surface area contributed by atoms with Gasteiger partial charge >= 0.3 is 0 Å². The van der Waals surface area contributed by atoms with Crippen molar-refractivity contribution in [2.75, 3.05) is 19.6 Å². The molecule has 1 saturated heterocycles. The first kappa shape index (κ1) is 26.1.